The minimum atomic E-state index is -1.10. The molecule has 2 aliphatic heterocycles. The van der Waals surface area contributed by atoms with Crippen molar-refractivity contribution >= 4 is 40.7 Å². The Bertz CT molecular complexity index is 1030. The number of hydrogen-bond donors (Lipinski definition) is 2. The quantitative estimate of drug-likeness (QED) is 0.682. The van der Waals surface area contributed by atoms with E-state index in [1.165, 1.54) is 0 Å². The van der Waals surface area contributed by atoms with E-state index in [2.05, 4.69) is 31.4 Å². The van der Waals surface area contributed by atoms with Crippen LogP contribution in [0.4, 0.5) is 5.69 Å². The third-order valence-electron chi connectivity index (χ3n) is 5.95. The normalized spacial score (nSPS) is 25.7. The van der Waals surface area contributed by atoms with E-state index >= 15 is 0 Å². The first kappa shape index (κ1) is 22.1. The van der Waals surface area contributed by atoms with Crippen LogP contribution < -0.4 is 10.6 Å². The van der Waals surface area contributed by atoms with E-state index in [-0.39, 0.29) is 30.2 Å². The maximum absolute atomic E-state index is 13.8. The molecule has 0 bridgehead atoms. The molecule has 4 rings (SSSR count). The molecule has 5 nitrogen and oxygen atoms in total. The van der Waals surface area contributed by atoms with Gasteiger partial charge in [0.15, 0.2) is 0 Å². The van der Waals surface area contributed by atoms with Crippen LogP contribution in [0.15, 0.2) is 42.5 Å². The Balaban J connectivity index is 1.94. The number of carbonyl (C=O) groups is 2. The van der Waals surface area contributed by atoms with Crippen molar-refractivity contribution in [1.29, 1.82) is 0 Å². The summed E-state index contributed by atoms with van der Waals surface area (Å²) in [5.41, 5.74) is 1.06. The Hall–Kier alpha value is -2.08. The number of nitrogens with one attached hydrogen (secondary N) is 2. The average Bonchev–Trinajstić information content (AvgIpc) is 2.86. The van der Waals surface area contributed by atoms with E-state index in [4.69, 9.17) is 27.9 Å². The molecule has 2 heterocycles. The van der Waals surface area contributed by atoms with Crippen molar-refractivity contribution in [1.82, 2.24) is 5.32 Å². The number of rotatable bonds is 3. The molecular formula is C24H26Cl2N2O3. The second-order valence-electron chi connectivity index (χ2n) is 9.49. The zero-order valence-electron chi connectivity index (χ0n) is 17.8. The fraction of sp³-hybridized carbons (Fsp3) is 0.417. The molecule has 0 unspecified atom stereocenters. The molecule has 1 spiro atoms. The summed E-state index contributed by atoms with van der Waals surface area (Å²) >= 11 is 12.5. The average molecular weight is 461 g/mol. The zero-order chi connectivity index (χ0) is 22.4. The van der Waals surface area contributed by atoms with Crippen LogP contribution in [0.25, 0.3) is 0 Å². The molecule has 0 radical (unpaired) electrons. The van der Waals surface area contributed by atoms with Gasteiger partial charge in [-0.2, -0.15) is 0 Å². The Morgan fingerprint density at radius 3 is 2.55 bits per heavy atom. The molecule has 164 valence electrons. The van der Waals surface area contributed by atoms with E-state index in [9.17, 15) is 9.59 Å². The lowest BCUT2D eigenvalue weighted by Gasteiger charge is -2.41. The van der Waals surface area contributed by atoms with Crippen LogP contribution in [0, 0.1) is 5.41 Å². The summed E-state index contributed by atoms with van der Waals surface area (Å²) in [7, 11) is 0. The first-order valence-electron chi connectivity index (χ1n) is 10.4. The highest BCUT2D eigenvalue weighted by molar-refractivity contribution is 6.31. The molecule has 2 amide bonds. The van der Waals surface area contributed by atoms with Gasteiger partial charge in [-0.15, -0.1) is 0 Å². The Morgan fingerprint density at radius 1 is 1.10 bits per heavy atom. The fourth-order valence-electron chi connectivity index (χ4n) is 4.65. The van der Waals surface area contributed by atoms with Gasteiger partial charge in [0.2, 0.25) is 11.8 Å². The summed E-state index contributed by atoms with van der Waals surface area (Å²) in [4.78, 5) is 26.5. The third kappa shape index (κ3) is 4.07. The maximum Gasteiger partial charge on any atom is 0.238 e. The fourth-order valence-corrected chi connectivity index (χ4v) is 5.02. The highest BCUT2D eigenvalue weighted by atomic mass is 35.5. The predicted molar refractivity (Wildman–Crippen MR) is 123 cm³/mol. The van der Waals surface area contributed by atoms with Crippen LogP contribution in [0.2, 0.25) is 10.0 Å². The summed E-state index contributed by atoms with van der Waals surface area (Å²) in [6.07, 6.45) is -0.421. The number of anilines is 1. The van der Waals surface area contributed by atoms with E-state index in [1.807, 2.05) is 24.3 Å². The maximum atomic E-state index is 13.8. The van der Waals surface area contributed by atoms with Crippen molar-refractivity contribution in [2.75, 3.05) is 18.5 Å². The molecular weight excluding hydrogens is 435 g/mol. The van der Waals surface area contributed by atoms with Crippen LogP contribution in [0.5, 0.6) is 0 Å². The third-order valence-corrected chi connectivity index (χ3v) is 6.42. The Kier molecular flexibility index (Phi) is 5.80. The van der Waals surface area contributed by atoms with Gasteiger partial charge >= 0.3 is 0 Å². The smallest absolute Gasteiger partial charge is 0.238 e. The number of ether oxygens (including phenoxy) is 1. The molecule has 0 aliphatic carbocycles. The summed E-state index contributed by atoms with van der Waals surface area (Å²) in [6, 6.07) is 12.8. The van der Waals surface area contributed by atoms with Crippen molar-refractivity contribution in [2.45, 2.75) is 44.6 Å². The monoisotopic (exact) mass is 460 g/mol. The zero-order valence-corrected chi connectivity index (χ0v) is 19.3. The lowest BCUT2D eigenvalue weighted by molar-refractivity contribution is -0.130. The number of benzene rings is 2. The summed E-state index contributed by atoms with van der Waals surface area (Å²) < 4.78 is 6.41. The Labute approximate surface area is 192 Å². The molecule has 0 aromatic heterocycles. The van der Waals surface area contributed by atoms with Crippen LogP contribution in [-0.4, -0.2) is 31.1 Å². The highest BCUT2D eigenvalue weighted by Crippen LogP contribution is 2.53. The molecule has 1 fully saturated rings. The largest absolute Gasteiger partial charge is 0.374 e. The molecule has 1 saturated heterocycles. The summed E-state index contributed by atoms with van der Waals surface area (Å²) in [5.74, 6) is -0.771. The van der Waals surface area contributed by atoms with Crippen LogP contribution >= 0.6 is 23.2 Å². The van der Waals surface area contributed by atoms with Crippen LogP contribution in [0.3, 0.4) is 0 Å². The molecule has 2 aromatic carbocycles. The number of amides is 2. The minimum absolute atomic E-state index is 0.110. The molecule has 3 atom stereocenters. The van der Waals surface area contributed by atoms with Crippen LogP contribution in [-0.2, 0) is 19.7 Å². The van der Waals surface area contributed by atoms with Crippen molar-refractivity contribution in [2.24, 2.45) is 5.41 Å². The van der Waals surface area contributed by atoms with Crippen molar-refractivity contribution in [3.63, 3.8) is 0 Å². The second-order valence-corrected chi connectivity index (χ2v) is 10.4. The first-order chi connectivity index (χ1) is 14.6. The van der Waals surface area contributed by atoms with E-state index in [1.54, 1.807) is 18.2 Å². The van der Waals surface area contributed by atoms with Gasteiger partial charge in [-0.25, -0.2) is 0 Å². The SMILES string of the molecule is CC(C)(C)CO[C@H]1CNC(=O)C[C@@H](c2cccc(Cl)c2)[C@]12C(=O)Nc1cc(Cl)ccc12. The highest BCUT2D eigenvalue weighted by Gasteiger charge is 2.60. The molecule has 31 heavy (non-hydrogen) atoms. The molecule has 2 N–H and O–H groups in total. The van der Waals surface area contributed by atoms with Gasteiger partial charge in [-0.3, -0.25) is 9.59 Å². The van der Waals surface area contributed by atoms with Crippen molar-refractivity contribution in [3.05, 3.63) is 63.6 Å². The van der Waals surface area contributed by atoms with Gasteiger partial charge in [0.1, 0.15) is 5.41 Å². The first-order valence-corrected chi connectivity index (χ1v) is 11.1. The van der Waals surface area contributed by atoms with E-state index in [0.717, 1.165) is 11.1 Å². The molecule has 0 saturated carbocycles. The topological polar surface area (TPSA) is 67.4 Å². The molecule has 7 heteroatoms. The predicted octanol–water partition coefficient (Wildman–Crippen LogP) is 4.92. The summed E-state index contributed by atoms with van der Waals surface area (Å²) in [5, 5.41) is 7.05. The lowest BCUT2D eigenvalue weighted by Crippen LogP contribution is -2.53. The number of fused-ring (bicyclic) bond motifs is 2. The van der Waals surface area contributed by atoms with Gasteiger partial charge < -0.3 is 15.4 Å². The second kappa shape index (κ2) is 8.12. The summed E-state index contributed by atoms with van der Waals surface area (Å²) in [6.45, 7) is 6.90. The van der Waals surface area contributed by atoms with Gasteiger partial charge in [0.25, 0.3) is 0 Å². The standard InChI is InChI=1S/C24H26Cl2N2O3/c1-23(2,3)13-31-20-12-27-21(29)11-18(14-5-4-6-15(25)9-14)24(20)17-8-7-16(26)10-19(17)28-22(24)30/h4-10,18,20H,11-13H2,1-3H3,(H,27,29)(H,28,30)/t18-,20-,24-/m0/s1. The van der Waals surface area contributed by atoms with Gasteiger partial charge in [-0.1, -0.05) is 62.2 Å². The van der Waals surface area contributed by atoms with Gasteiger partial charge in [-0.05, 0) is 40.8 Å². The number of halogens is 2. The van der Waals surface area contributed by atoms with E-state index < -0.39 is 17.4 Å². The van der Waals surface area contributed by atoms with Gasteiger partial charge in [0, 0.05) is 34.6 Å². The number of carbonyl (C=O) groups excluding carboxylic acids is 2. The Morgan fingerprint density at radius 2 is 1.84 bits per heavy atom. The van der Waals surface area contributed by atoms with Crippen molar-refractivity contribution in [3.8, 4) is 0 Å². The van der Waals surface area contributed by atoms with Crippen molar-refractivity contribution < 1.29 is 14.3 Å². The molecule has 2 aliphatic rings. The minimum Gasteiger partial charge on any atom is -0.374 e. The molecule has 2 aromatic rings. The van der Waals surface area contributed by atoms with Crippen LogP contribution in [0.1, 0.15) is 44.2 Å². The lowest BCUT2D eigenvalue weighted by atomic mass is 9.64. The van der Waals surface area contributed by atoms with E-state index in [0.29, 0.717) is 22.3 Å². The van der Waals surface area contributed by atoms with Gasteiger partial charge in [0.05, 0.1) is 12.7 Å². The number of hydrogen-bond acceptors (Lipinski definition) is 3.